The second-order valence-electron chi connectivity index (χ2n) is 4.69. The van der Waals surface area contributed by atoms with Crippen molar-refractivity contribution in [2.24, 2.45) is 5.92 Å². The van der Waals surface area contributed by atoms with E-state index in [-0.39, 0.29) is 11.9 Å². The Morgan fingerprint density at radius 2 is 2.18 bits per heavy atom. The number of amides is 1. The summed E-state index contributed by atoms with van der Waals surface area (Å²) in [6.07, 6.45) is 3.34. The lowest BCUT2D eigenvalue weighted by Gasteiger charge is -2.23. The fraction of sp³-hybridized carbons (Fsp3) is 0.538. The van der Waals surface area contributed by atoms with Crippen molar-refractivity contribution in [2.45, 2.75) is 39.3 Å². The Balaban J connectivity index is 2.65. The molecule has 0 saturated heterocycles. The van der Waals surface area contributed by atoms with Gasteiger partial charge in [-0.05, 0) is 31.4 Å². The maximum Gasteiger partial charge on any atom is 0.253 e. The van der Waals surface area contributed by atoms with Gasteiger partial charge in [-0.1, -0.05) is 13.8 Å². The number of hydrogen-bond donors (Lipinski definition) is 2. The predicted octanol–water partition coefficient (Wildman–Crippen LogP) is 1.61. The Bertz CT molecular complexity index is 350. The summed E-state index contributed by atoms with van der Waals surface area (Å²) in [5.74, 6) is 0.230. The Morgan fingerprint density at radius 3 is 2.65 bits per heavy atom. The molecule has 0 spiro atoms. The molecule has 0 saturated carbocycles. The summed E-state index contributed by atoms with van der Waals surface area (Å²) in [7, 11) is 0. The van der Waals surface area contributed by atoms with E-state index in [0.717, 1.165) is 6.42 Å². The smallest absolute Gasteiger partial charge is 0.253 e. The van der Waals surface area contributed by atoms with E-state index in [1.54, 1.807) is 25.3 Å². The van der Waals surface area contributed by atoms with E-state index in [1.165, 1.54) is 6.20 Å². The average molecular weight is 236 g/mol. The third-order valence-electron chi connectivity index (χ3n) is 2.55. The van der Waals surface area contributed by atoms with Gasteiger partial charge in [-0.15, -0.1) is 0 Å². The molecule has 1 heterocycles. The van der Waals surface area contributed by atoms with Crippen molar-refractivity contribution in [3.63, 3.8) is 0 Å². The molecular weight excluding hydrogens is 216 g/mol. The quantitative estimate of drug-likeness (QED) is 0.816. The van der Waals surface area contributed by atoms with Crippen LogP contribution in [0.1, 0.15) is 37.6 Å². The first-order chi connectivity index (χ1) is 8.00. The Hall–Kier alpha value is -1.42. The monoisotopic (exact) mass is 236 g/mol. The zero-order valence-corrected chi connectivity index (χ0v) is 10.6. The van der Waals surface area contributed by atoms with Gasteiger partial charge in [-0.3, -0.25) is 9.78 Å². The van der Waals surface area contributed by atoms with Gasteiger partial charge < -0.3 is 10.4 Å². The van der Waals surface area contributed by atoms with E-state index in [9.17, 15) is 9.90 Å². The van der Waals surface area contributed by atoms with Crippen LogP contribution in [0.4, 0.5) is 0 Å². The number of aromatic nitrogens is 1. The van der Waals surface area contributed by atoms with Gasteiger partial charge in [0.1, 0.15) is 0 Å². The highest BCUT2D eigenvalue weighted by atomic mass is 16.3. The maximum atomic E-state index is 11.9. The zero-order chi connectivity index (χ0) is 12.8. The third-order valence-corrected chi connectivity index (χ3v) is 2.55. The van der Waals surface area contributed by atoms with Crippen LogP contribution < -0.4 is 5.32 Å². The van der Waals surface area contributed by atoms with Crippen molar-refractivity contribution in [1.82, 2.24) is 10.3 Å². The molecule has 4 nitrogen and oxygen atoms in total. The highest BCUT2D eigenvalue weighted by Gasteiger charge is 2.19. The first-order valence-electron chi connectivity index (χ1n) is 5.89. The van der Waals surface area contributed by atoms with Crippen LogP contribution in [0.5, 0.6) is 0 Å². The van der Waals surface area contributed by atoms with Gasteiger partial charge in [0.25, 0.3) is 5.91 Å². The van der Waals surface area contributed by atoms with E-state index in [4.69, 9.17) is 0 Å². The number of aliphatic hydroxyl groups is 1. The third kappa shape index (κ3) is 4.53. The molecular formula is C13H20N2O2. The molecule has 0 aliphatic heterocycles. The first-order valence-corrected chi connectivity index (χ1v) is 5.89. The van der Waals surface area contributed by atoms with Gasteiger partial charge in [-0.25, -0.2) is 0 Å². The van der Waals surface area contributed by atoms with Gasteiger partial charge >= 0.3 is 0 Å². The lowest BCUT2D eigenvalue weighted by molar-refractivity contribution is 0.0836. The van der Waals surface area contributed by atoms with Crippen molar-refractivity contribution in [1.29, 1.82) is 0 Å². The molecule has 0 aliphatic carbocycles. The molecule has 0 fully saturated rings. The van der Waals surface area contributed by atoms with Crippen LogP contribution in [0.15, 0.2) is 24.5 Å². The highest BCUT2D eigenvalue weighted by Crippen LogP contribution is 2.09. The van der Waals surface area contributed by atoms with Crippen LogP contribution in [-0.4, -0.2) is 28.1 Å². The molecule has 1 rings (SSSR count). The van der Waals surface area contributed by atoms with Crippen LogP contribution in [-0.2, 0) is 0 Å². The van der Waals surface area contributed by atoms with E-state index in [1.807, 2.05) is 0 Å². The number of rotatable bonds is 5. The number of pyridine rings is 1. The first kappa shape index (κ1) is 13.6. The summed E-state index contributed by atoms with van der Waals surface area (Å²) in [5, 5.41) is 12.5. The van der Waals surface area contributed by atoms with Gasteiger partial charge in [0.15, 0.2) is 0 Å². The molecule has 1 aromatic heterocycles. The van der Waals surface area contributed by atoms with Crippen molar-refractivity contribution in [2.75, 3.05) is 0 Å². The summed E-state index contributed by atoms with van der Waals surface area (Å²) < 4.78 is 0. The second-order valence-corrected chi connectivity index (χ2v) is 4.69. The fourth-order valence-electron chi connectivity index (χ4n) is 1.63. The minimum Gasteiger partial charge on any atom is -0.391 e. The molecule has 2 unspecified atom stereocenters. The number of nitrogens with zero attached hydrogens (tertiary/aromatic N) is 1. The predicted molar refractivity (Wildman–Crippen MR) is 66.6 cm³/mol. The molecule has 2 N–H and O–H groups in total. The topological polar surface area (TPSA) is 62.2 Å². The SMILES string of the molecule is CC(C)CC(NC(=O)c1cccnc1)C(C)O. The van der Waals surface area contributed by atoms with Gasteiger partial charge in [0.2, 0.25) is 0 Å². The Labute approximate surface area is 102 Å². The minimum absolute atomic E-state index is 0.190. The van der Waals surface area contributed by atoms with Gasteiger partial charge in [0.05, 0.1) is 17.7 Å². The molecule has 2 atom stereocenters. The lowest BCUT2D eigenvalue weighted by Crippen LogP contribution is -2.42. The van der Waals surface area contributed by atoms with Crippen LogP contribution in [0.2, 0.25) is 0 Å². The van der Waals surface area contributed by atoms with Crippen LogP contribution >= 0.6 is 0 Å². The lowest BCUT2D eigenvalue weighted by atomic mass is 9.99. The molecule has 0 aromatic carbocycles. The molecule has 0 bridgehead atoms. The van der Waals surface area contributed by atoms with Crippen LogP contribution in [0.3, 0.4) is 0 Å². The number of nitrogens with one attached hydrogen (secondary N) is 1. The van der Waals surface area contributed by atoms with Crippen LogP contribution in [0.25, 0.3) is 0 Å². The van der Waals surface area contributed by atoms with E-state index < -0.39 is 6.10 Å². The minimum atomic E-state index is -0.557. The van der Waals surface area contributed by atoms with Crippen LogP contribution in [0, 0.1) is 5.92 Å². The van der Waals surface area contributed by atoms with Crippen molar-refractivity contribution in [3.8, 4) is 0 Å². The molecule has 94 valence electrons. The van der Waals surface area contributed by atoms with E-state index in [2.05, 4.69) is 24.1 Å². The molecule has 17 heavy (non-hydrogen) atoms. The molecule has 4 heteroatoms. The average Bonchev–Trinajstić information content (AvgIpc) is 2.28. The van der Waals surface area contributed by atoms with E-state index >= 15 is 0 Å². The summed E-state index contributed by atoms with van der Waals surface area (Å²) in [6.45, 7) is 5.81. The summed E-state index contributed by atoms with van der Waals surface area (Å²) >= 11 is 0. The molecule has 1 amide bonds. The van der Waals surface area contributed by atoms with Crippen molar-refractivity contribution in [3.05, 3.63) is 30.1 Å². The summed E-state index contributed by atoms with van der Waals surface area (Å²) in [5.41, 5.74) is 0.516. The number of aliphatic hydroxyl groups excluding tert-OH is 1. The second kappa shape index (κ2) is 6.35. The maximum absolute atomic E-state index is 11.9. The fourth-order valence-corrected chi connectivity index (χ4v) is 1.63. The van der Waals surface area contributed by atoms with Gasteiger partial charge in [0, 0.05) is 12.4 Å². The van der Waals surface area contributed by atoms with Crippen molar-refractivity contribution < 1.29 is 9.90 Å². The van der Waals surface area contributed by atoms with Gasteiger partial charge in [-0.2, -0.15) is 0 Å². The molecule has 0 aliphatic rings. The number of hydrogen-bond acceptors (Lipinski definition) is 3. The highest BCUT2D eigenvalue weighted by molar-refractivity contribution is 5.94. The summed E-state index contributed by atoms with van der Waals surface area (Å²) in [4.78, 5) is 15.8. The molecule has 0 radical (unpaired) electrons. The summed E-state index contributed by atoms with van der Waals surface area (Å²) in [6, 6.07) is 3.20. The number of carbonyl (C=O) groups excluding carboxylic acids is 1. The number of carbonyl (C=O) groups is 1. The largest absolute Gasteiger partial charge is 0.391 e. The standard InChI is InChI=1S/C13H20N2O2/c1-9(2)7-12(10(3)16)15-13(17)11-5-4-6-14-8-11/h4-6,8-10,12,16H,7H2,1-3H3,(H,15,17). The zero-order valence-electron chi connectivity index (χ0n) is 10.6. The van der Waals surface area contributed by atoms with E-state index in [0.29, 0.717) is 11.5 Å². The van der Waals surface area contributed by atoms with Crippen molar-refractivity contribution >= 4 is 5.91 Å². The normalized spacial score (nSPS) is 14.4. The molecule has 1 aromatic rings. The Kier molecular flexibility index (Phi) is 5.10. The Morgan fingerprint density at radius 1 is 1.47 bits per heavy atom.